The van der Waals surface area contributed by atoms with Crippen LogP contribution in [0.1, 0.15) is 155 Å². The number of ether oxygens (including phenoxy) is 1. The molecule has 0 fully saturated rings. The minimum atomic E-state index is -0.921. The maximum absolute atomic E-state index is 12.1. The summed E-state index contributed by atoms with van der Waals surface area (Å²) in [7, 11) is 5.92. The quantitative estimate of drug-likeness (QED) is 0.0659. The average molecular weight is 527 g/mol. The van der Waals surface area contributed by atoms with Gasteiger partial charge >= 0.3 is 11.9 Å². The summed E-state index contributed by atoms with van der Waals surface area (Å²) in [6, 6.07) is 0. The third-order valence-electron chi connectivity index (χ3n) is 7.33. The number of likely N-dealkylation sites (N-methyl/N-ethyl adjacent to an activating group) is 1. The maximum Gasteiger partial charge on any atom is 0.307 e. The number of carbonyl (C=O) groups excluding carboxylic acids is 1. The molecule has 0 aliphatic heterocycles. The molecule has 2 unspecified atom stereocenters. The van der Waals surface area contributed by atoms with E-state index >= 15 is 0 Å². The summed E-state index contributed by atoms with van der Waals surface area (Å²) in [5, 5.41) is 9.06. The first-order valence-electron chi connectivity index (χ1n) is 15.9. The van der Waals surface area contributed by atoms with Crippen LogP contribution in [-0.4, -0.2) is 55.3 Å². The van der Waals surface area contributed by atoms with Crippen LogP contribution in [0.15, 0.2) is 0 Å². The highest BCUT2D eigenvalue weighted by molar-refractivity contribution is 5.71. The van der Waals surface area contributed by atoms with Gasteiger partial charge in [0.05, 0.1) is 27.6 Å². The molecule has 0 rings (SSSR count). The number of esters is 1. The van der Waals surface area contributed by atoms with Gasteiger partial charge in [-0.25, -0.2) is 0 Å². The van der Waals surface area contributed by atoms with E-state index in [9.17, 15) is 9.59 Å². The molecule has 2 atom stereocenters. The molecule has 0 aromatic rings. The van der Waals surface area contributed by atoms with Crippen molar-refractivity contribution in [2.24, 2.45) is 5.92 Å². The molecule has 0 amide bonds. The molecular formula is C32H64NO4+. The summed E-state index contributed by atoms with van der Waals surface area (Å²) in [5.41, 5.74) is 0. The van der Waals surface area contributed by atoms with E-state index < -0.39 is 12.1 Å². The first-order valence-corrected chi connectivity index (χ1v) is 15.9. The Hall–Kier alpha value is -1.10. The van der Waals surface area contributed by atoms with Gasteiger partial charge in [-0.3, -0.25) is 9.59 Å². The number of carbonyl (C=O) groups is 2. The number of aliphatic carboxylic acids is 1. The van der Waals surface area contributed by atoms with E-state index in [0.717, 1.165) is 18.8 Å². The van der Waals surface area contributed by atoms with Crippen LogP contribution in [0.4, 0.5) is 0 Å². The fraction of sp³-hybridized carbons (Fsp3) is 0.938. The normalized spacial score (nSPS) is 13.4. The van der Waals surface area contributed by atoms with Crippen LogP contribution in [0.2, 0.25) is 0 Å². The SMILES string of the molecule is CCCCCCC(C)CCCCCCCCCCCCCCCCC(=O)OC(CC(=O)O)C[N+](C)(C)C. The van der Waals surface area contributed by atoms with Gasteiger partial charge in [0.25, 0.3) is 0 Å². The Bertz CT molecular complexity index is 543. The Morgan fingerprint density at radius 1 is 0.676 bits per heavy atom. The molecule has 0 aromatic carbocycles. The molecule has 5 heteroatoms. The zero-order valence-electron chi connectivity index (χ0n) is 25.5. The first kappa shape index (κ1) is 35.9. The molecule has 0 aromatic heterocycles. The lowest BCUT2D eigenvalue weighted by molar-refractivity contribution is -0.873. The Kier molecular flexibility index (Phi) is 23.3. The van der Waals surface area contributed by atoms with Crippen molar-refractivity contribution < 1.29 is 23.9 Å². The molecule has 0 saturated heterocycles. The van der Waals surface area contributed by atoms with Crippen LogP contribution in [-0.2, 0) is 14.3 Å². The highest BCUT2D eigenvalue weighted by Gasteiger charge is 2.24. The fourth-order valence-electron chi connectivity index (χ4n) is 5.14. The second kappa shape index (κ2) is 24.0. The molecule has 0 saturated carbocycles. The molecule has 220 valence electrons. The van der Waals surface area contributed by atoms with Crippen LogP contribution in [0, 0.1) is 5.92 Å². The molecule has 0 aliphatic rings. The van der Waals surface area contributed by atoms with Gasteiger partial charge in [0.1, 0.15) is 6.54 Å². The molecule has 0 spiro atoms. The lowest BCUT2D eigenvalue weighted by Crippen LogP contribution is -2.43. The number of unbranched alkanes of at least 4 members (excludes halogenated alkanes) is 16. The van der Waals surface area contributed by atoms with Crippen LogP contribution in [0.5, 0.6) is 0 Å². The Morgan fingerprint density at radius 2 is 1.08 bits per heavy atom. The van der Waals surface area contributed by atoms with Crippen LogP contribution < -0.4 is 0 Å². The zero-order valence-corrected chi connectivity index (χ0v) is 25.5. The fourth-order valence-corrected chi connectivity index (χ4v) is 5.14. The van der Waals surface area contributed by atoms with Gasteiger partial charge in [0.15, 0.2) is 6.10 Å². The molecular weight excluding hydrogens is 462 g/mol. The Balaban J connectivity index is 3.46. The van der Waals surface area contributed by atoms with Gasteiger partial charge in [-0.05, 0) is 12.3 Å². The summed E-state index contributed by atoms with van der Waals surface area (Å²) < 4.78 is 6.02. The second-order valence-corrected chi connectivity index (χ2v) is 12.6. The minimum absolute atomic E-state index is 0.125. The number of quaternary nitrogens is 1. The van der Waals surface area contributed by atoms with Gasteiger partial charge in [0.2, 0.25) is 0 Å². The summed E-state index contributed by atoms with van der Waals surface area (Å²) in [6.07, 6.45) is 26.4. The molecule has 0 bridgehead atoms. The predicted molar refractivity (Wildman–Crippen MR) is 157 cm³/mol. The largest absolute Gasteiger partial charge is 0.481 e. The maximum atomic E-state index is 12.1. The van der Waals surface area contributed by atoms with Gasteiger partial charge < -0.3 is 14.3 Å². The summed E-state index contributed by atoms with van der Waals surface area (Å²) in [6.45, 7) is 5.24. The van der Waals surface area contributed by atoms with Crippen molar-refractivity contribution in [3.05, 3.63) is 0 Å². The number of nitrogens with zero attached hydrogens (tertiary/aromatic N) is 1. The summed E-state index contributed by atoms with van der Waals surface area (Å²) >= 11 is 0. The highest BCUT2D eigenvalue weighted by atomic mass is 16.5. The van der Waals surface area contributed by atoms with Gasteiger partial charge in [-0.1, -0.05) is 136 Å². The number of carboxylic acid groups (broad SMARTS) is 1. The lowest BCUT2D eigenvalue weighted by atomic mass is 9.96. The molecule has 1 N–H and O–H groups in total. The smallest absolute Gasteiger partial charge is 0.307 e. The zero-order chi connectivity index (χ0) is 27.8. The number of hydrogen-bond acceptors (Lipinski definition) is 3. The van der Waals surface area contributed by atoms with Crippen molar-refractivity contribution in [3.8, 4) is 0 Å². The van der Waals surface area contributed by atoms with Gasteiger partial charge in [-0.15, -0.1) is 0 Å². The van der Waals surface area contributed by atoms with E-state index in [2.05, 4.69) is 13.8 Å². The average Bonchev–Trinajstić information content (AvgIpc) is 2.80. The third kappa shape index (κ3) is 27.7. The van der Waals surface area contributed by atoms with E-state index in [-0.39, 0.29) is 12.4 Å². The minimum Gasteiger partial charge on any atom is -0.481 e. The predicted octanol–water partition coefficient (Wildman–Crippen LogP) is 8.93. The lowest BCUT2D eigenvalue weighted by Gasteiger charge is -2.28. The molecule has 37 heavy (non-hydrogen) atoms. The Labute approximate surface area is 230 Å². The third-order valence-corrected chi connectivity index (χ3v) is 7.33. The number of carboxylic acids is 1. The van der Waals surface area contributed by atoms with Crippen LogP contribution >= 0.6 is 0 Å². The standard InChI is InChI=1S/C32H63NO4/c1-6-7-8-21-24-29(2)25-22-19-17-15-13-11-9-10-12-14-16-18-20-23-26-32(36)37-30(27-31(34)35)28-33(3,4)5/h29-30H,6-28H2,1-5H3/p+1. The highest BCUT2D eigenvalue weighted by Crippen LogP contribution is 2.19. The van der Waals surface area contributed by atoms with Crippen LogP contribution in [0.3, 0.4) is 0 Å². The van der Waals surface area contributed by atoms with E-state index in [1.807, 2.05) is 21.1 Å². The first-order chi connectivity index (χ1) is 17.6. The van der Waals surface area contributed by atoms with Crippen molar-refractivity contribution in [2.75, 3.05) is 27.7 Å². The van der Waals surface area contributed by atoms with E-state index in [0.29, 0.717) is 17.4 Å². The molecule has 0 aliphatic carbocycles. The number of rotatable bonds is 27. The summed E-state index contributed by atoms with van der Waals surface area (Å²) in [4.78, 5) is 23.2. The molecule has 0 heterocycles. The van der Waals surface area contributed by atoms with Crippen molar-refractivity contribution >= 4 is 11.9 Å². The van der Waals surface area contributed by atoms with Crippen LogP contribution in [0.25, 0.3) is 0 Å². The number of hydrogen-bond donors (Lipinski definition) is 1. The monoisotopic (exact) mass is 526 g/mol. The van der Waals surface area contributed by atoms with E-state index in [1.54, 1.807) is 0 Å². The molecule has 0 radical (unpaired) electrons. The van der Waals surface area contributed by atoms with Crippen molar-refractivity contribution in [1.29, 1.82) is 0 Å². The van der Waals surface area contributed by atoms with E-state index in [4.69, 9.17) is 9.84 Å². The Morgan fingerprint density at radius 3 is 1.49 bits per heavy atom. The van der Waals surface area contributed by atoms with Crippen molar-refractivity contribution in [3.63, 3.8) is 0 Å². The second-order valence-electron chi connectivity index (χ2n) is 12.6. The topological polar surface area (TPSA) is 63.6 Å². The summed E-state index contributed by atoms with van der Waals surface area (Å²) in [5.74, 6) is -0.253. The van der Waals surface area contributed by atoms with E-state index in [1.165, 1.54) is 116 Å². The molecule has 5 nitrogen and oxygen atoms in total. The van der Waals surface area contributed by atoms with Crippen molar-refractivity contribution in [1.82, 2.24) is 0 Å². The van der Waals surface area contributed by atoms with Crippen molar-refractivity contribution in [2.45, 2.75) is 161 Å². The van der Waals surface area contributed by atoms with Gasteiger partial charge in [-0.2, -0.15) is 0 Å². The van der Waals surface area contributed by atoms with Gasteiger partial charge in [0, 0.05) is 6.42 Å².